The van der Waals surface area contributed by atoms with E-state index in [-0.39, 0.29) is 0 Å². The molecule has 1 aliphatic rings. The molecule has 0 spiro atoms. The van der Waals surface area contributed by atoms with Crippen LogP contribution >= 0.6 is 0 Å². The van der Waals surface area contributed by atoms with Crippen LogP contribution < -0.4 is 5.31 Å². The van der Waals surface area contributed by atoms with Crippen LogP contribution in [0.2, 0.25) is 1.41 Å². The summed E-state index contributed by atoms with van der Waals surface area (Å²) < 4.78 is 7.03. The minimum atomic E-state index is 1.25. The summed E-state index contributed by atoms with van der Waals surface area (Å²) in [6, 6.07) is 0. The molecular weight excluding hydrogens is 86.1 g/mol. The van der Waals surface area contributed by atoms with Crippen molar-refractivity contribution < 1.29 is 1.41 Å². The zero-order valence-electron chi connectivity index (χ0n) is 4.91. The Bertz CT molecular complexity index is 131. The first-order valence-corrected chi connectivity index (χ1v) is 2.18. The Balaban J connectivity index is 2.66. The van der Waals surface area contributed by atoms with Gasteiger partial charge in [0, 0.05) is 12.4 Å². The van der Waals surface area contributed by atoms with Gasteiger partial charge in [-0.3, -0.25) is 0 Å². The van der Waals surface area contributed by atoms with E-state index < -0.39 is 0 Å². The molecule has 0 aromatic heterocycles. The van der Waals surface area contributed by atoms with Crippen molar-refractivity contribution in [3.63, 3.8) is 0 Å². The summed E-state index contributed by atoms with van der Waals surface area (Å²) in [4.78, 5) is 0. The van der Waals surface area contributed by atoms with E-state index in [0.29, 0.717) is 0 Å². The third-order valence-electron chi connectivity index (χ3n) is 0.678. The molecule has 1 aliphatic heterocycles. The normalized spacial score (nSPS) is 19.4. The molecule has 0 aromatic carbocycles. The molecule has 1 N–H and O–H groups in total. The van der Waals surface area contributed by atoms with E-state index in [0.717, 1.165) is 0 Å². The van der Waals surface area contributed by atoms with Crippen molar-refractivity contribution in [2.75, 3.05) is 0 Å². The Kier molecular flexibility index (Phi) is 0.984. The summed E-state index contributed by atoms with van der Waals surface area (Å²) in [5.74, 6) is 0. The highest BCUT2D eigenvalue weighted by Gasteiger charge is 1.67. The van der Waals surface area contributed by atoms with Gasteiger partial charge in [-0.15, -0.1) is 0 Å². The molecule has 1 nitrogen and oxygen atoms in total. The molecule has 0 saturated carbocycles. The Morgan fingerprint density at radius 1 is 1.00 bits per heavy atom. The van der Waals surface area contributed by atoms with Crippen molar-refractivity contribution in [2.45, 2.75) is 0 Å². The van der Waals surface area contributed by atoms with Crippen LogP contribution in [0.15, 0.2) is 36.7 Å². The highest BCUT2D eigenvalue weighted by molar-refractivity contribution is 5.14. The topological polar surface area (TPSA) is 12.0 Å². The first-order valence-electron chi connectivity index (χ1n) is 2.63. The molecule has 1 rings (SSSR count). The summed E-state index contributed by atoms with van der Waals surface area (Å²) in [5.41, 5.74) is 0. The minimum Gasteiger partial charge on any atom is -0.368 e. The van der Waals surface area contributed by atoms with Gasteiger partial charge < -0.3 is 5.31 Å². The van der Waals surface area contributed by atoms with Crippen LogP contribution in [0.5, 0.6) is 0 Å². The molecule has 0 saturated heterocycles. The van der Waals surface area contributed by atoms with E-state index in [9.17, 15) is 0 Å². The maximum absolute atomic E-state index is 7.03. The van der Waals surface area contributed by atoms with Crippen molar-refractivity contribution >= 4 is 0 Å². The number of allylic oxidation sites excluding steroid dienone is 4. The standard InChI is InChI=1S/C6H7N/c1-2-4-6-7-5-3-1/h1-7H/i/hD. The lowest BCUT2D eigenvalue weighted by molar-refractivity contribution is 1.20. The molecule has 1 heterocycles. The van der Waals surface area contributed by atoms with Gasteiger partial charge in [0.15, 0.2) is 1.41 Å². The highest BCUT2D eigenvalue weighted by Crippen LogP contribution is 1.81. The average molecular weight is 94.1 g/mol. The molecule has 0 unspecified atom stereocenters. The van der Waals surface area contributed by atoms with Gasteiger partial charge in [-0.05, 0) is 12.2 Å². The Morgan fingerprint density at radius 3 is 2.14 bits per heavy atom. The van der Waals surface area contributed by atoms with Crippen LogP contribution in [0.1, 0.15) is 0 Å². The third kappa shape index (κ3) is 1.26. The maximum Gasteiger partial charge on any atom is 0.165 e. The van der Waals surface area contributed by atoms with Gasteiger partial charge in [-0.2, -0.15) is 0 Å². The predicted octanol–water partition coefficient (Wildman–Crippen LogP) is 1.17. The van der Waals surface area contributed by atoms with Crippen LogP contribution in [0.25, 0.3) is 0 Å². The Morgan fingerprint density at radius 2 is 1.57 bits per heavy atom. The molecular formula is C6H7N. The molecule has 36 valence electrons. The summed E-state index contributed by atoms with van der Waals surface area (Å²) in [7, 11) is 0. The quantitative estimate of drug-likeness (QED) is 0.475. The van der Waals surface area contributed by atoms with Crippen molar-refractivity contribution in [3.8, 4) is 0 Å². The van der Waals surface area contributed by atoms with Crippen LogP contribution in [0, 0.1) is 0 Å². The first kappa shape index (κ1) is 3.08. The summed E-state index contributed by atoms with van der Waals surface area (Å²) in [5, 5.41) is 1.25. The average Bonchev–Trinajstić information content (AvgIpc) is 1.94. The molecule has 0 atom stereocenters. The summed E-state index contributed by atoms with van der Waals surface area (Å²) >= 11 is 0. The molecule has 0 radical (unpaired) electrons. The fourth-order valence-corrected chi connectivity index (χ4v) is 0.377. The van der Waals surface area contributed by atoms with Crippen LogP contribution in [-0.4, -0.2) is 0 Å². The molecule has 7 heavy (non-hydrogen) atoms. The van der Waals surface area contributed by atoms with Gasteiger partial charge in [-0.25, -0.2) is 0 Å². The number of hydrogen-bond acceptors (Lipinski definition) is 1. The van der Waals surface area contributed by atoms with E-state index in [1.807, 2.05) is 24.3 Å². The second-order valence-corrected chi connectivity index (χ2v) is 1.22. The van der Waals surface area contributed by atoms with Gasteiger partial charge in [0.2, 0.25) is 0 Å². The highest BCUT2D eigenvalue weighted by atomic mass is 14.8. The van der Waals surface area contributed by atoms with E-state index in [4.69, 9.17) is 1.41 Å². The lowest BCUT2D eigenvalue weighted by atomic mass is 10.5. The van der Waals surface area contributed by atoms with Crippen LogP contribution in [0.3, 0.4) is 0 Å². The van der Waals surface area contributed by atoms with E-state index >= 15 is 0 Å². The van der Waals surface area contributed by atoms with E-state index in [2.05, 4.69) is 0 Å². The minimum absolute atomic E-state index is 1.25. The van der Waals surface area contributed by atoms with Gasteiger partial charge >= 0.3 is 0 Å². The van der Waals surface area contributed by atoms with Gasteiger partial charge in [-0.1, -0.05) is 12.2 Å². The first-order chi connectivity index (χ1) is 3.89. The van der Waals surface area contributed by atoms with Gasteiger partial charge in [0.05, 0.1) is 0 Å². The largest absolute Gasteiger partial charge is 0.368 e. The number of nitrogens with one attached hydrogen (secondary N) is 1. The van der Waals surface area contributed by atoms with Crippen molar-refractivity contribution in [2.24, 2.45) is 0 Å². The predicted molar refractivity (Wildman–Crippen MR) is 30.6 cm³/mol. The zero-order chi connectivity index (χ0) is 5.82. The fraction of sp³-hybridized carbons (Fsp3) is 0. The second kappa shape index (κ2) is 2.24. The molecule has 0 aliphatic carbocycles. The third-order valence-corrected chi connectivity index (χ3v) is 0.678. The van der Waals surface area contributed by atoms with Crippen molar-refractivity contribution in [3.05, 3.63) is 36.7 Å². The number of hydrogen-bond donors (Lipinski definition) is 1. The van der Waals surface area contributed by atoms with Crippen LogP contribution in [-0.2, 0) is 0 Å². The molecule has 1 heteroatoms. The van der Waals surface area contributed by atoms with Crippen molar-refractivity contribution in [1.82, 2.24) is 5.31 Å². The maximum atomic E-state index is 7.03. The second-order valence-electron chi connectivity index (χ2n) is 1.22. The van der Waals surface area contributed by atoms with Crippen LogP contribution in [0.4, 0.5) is 0 Å². The fourth-order valence-electron chi connectivity index (χ4n) is 0.377. The number of rotatable bonds is 0. The monoisotopic (exact) mass is 94.1 g/mol. The van der Waals surface area contributed by atoms with Gasteiger partial charge in [0.1, 0.15) is 0 Å². The molecule has 0 aromatic rings. The molecule has 0 fully saturated rings. The molecule has 0 amide bonds. The summed E-state index contributed by atoms with van der Waals surface area (Å²) in [6.07, 6.45) is 10.7. The van der Waals surface area contributed by atoms with Gasteiger partial charge in [0.25, 0.3) is 0 Å². The van der Waals surface area contributed by atoms with E-state index in [1.165, 1.54) is 5.31 Å². The lowest BCUT2D eigenvalue weighted by Crippen LogP contribution is -1.87. The smallest absolute Gasteiger partial charge is 0.165 e. The Labute approximate surface area is 44.5 Å². The summed E-state index contributed by atoms with van der Waals surface area (Å²) in [6.45, 7) is 0. The van der Waals surface area contributed by atoms with Crippen molar-refractivity contribution in [1.29, 1.82) is 0 Å². The SMILES string of the molecule is [2H]N1C=CC=CC=C1. The zero-order valence-corrected chi connectivity index (χ0v) is 3.91. The lowest BCUT2D eigenvalue weighted by Gasteiger charge is -1.79. The molecule has 0 bridgehead atoms. The van der Waals surface area contributed by atoms with E-state index in [1.54, 1.807) is 12.4 Å². The Hall–Kier alpha value is -0.980.